The molecule has 0 aromatic heterocycles. The Bertz CT molecular complexity index is 753. The zero-order chi connectivity index (χ0) is 18.6. The minimum absolute atomic E-state index is 0.0638. The Morgan fingerprint density at radius 1 is 1.32 bits per heavy atom. The van der Waals surface area contributed by atoms with E-state index in [0.717, 1.165) is 12.1 Å². The zero-order valence-electron chi connectivity index (χ0n) is 13.8. The van der Waals surface area contributed by atoms with Crippen molar-refractivity contribution in [3.8, 4) is 0 Å². The molecule has 1 saturated heterocycles. The van der Waals surface area contributed by atoms with Crippen LogP contribution in [0.2, 0.25) is 0 Å². The maximum absolute atomic E-state index is 13.6. The molecule has 7 nitrogen and oxygen atoms in total. The van der Waals surface area contributed by atoms with Crippen LogP contribution < -0.4 is 4.72 Å². The highest BCUT2D eigenvalue weighted by Gasteiger charge is 2.31. The number of piperidine rings is 1. The lowest BCUT2D eigenvalue weighted by atomic mass is 9.90. The number of sulfonamides is 1. The first-order valence-electron chi connectivity index (χ1n) is 7.95. The van der Waals surface area contributed by atoms with Gasteiger partial charge in [-0.3, -0.25) is 9.59 Å². The summed E-state index contributed by atoms with van der Waals surface area (Å²) in [6, 6.07) is 4.97. The fraction of sp³-hybridized carbons (Fsp3) is 0.500. The maximum Gasteiger partial charge on any atom is 0.308 e. The van der Waals surface area contributed by atoms with Gasteiger partial charge in [0.25, 0.3) is 0 Å². The monoisotopic (exact) mass is 372 g/mol. The number of likely N-dealkylation sites (tertiary alicyclic amines) is 1. The summed E-state index contributed by atoms with van der Waals surface area (Å²) >= 11 is 0. The molecule has 0 bridgehead atoms. The van der Waals surface area contributed by atoms with Gasteiger partial charge in [0.1, 0.15) is 10.7 Å². The fourth-order valence-electron chi connectivity index (χ4n) is 2.92. The number of nitrogens with zero attached hydrogens (tertiary/aromatic N) is 1. The SMILES string of the molecule is CC1CC(C(=O)O)CN(C(=O)CCNS(=O)(=O)c2ccccc2F)C1. The van der Waals surface area contributed by atoms with Crippen molar-refractivity contribution in [3.05, 3.63) is 30.1 Å². The number of hydrogen-bond acceptors (Lipinski definition) is 4. The molecule has 1 aromatic rings. The topological polar surface area (TPSA) is 104 Å². The van der Waals surface area contributed by atoms with Gasteiger partial charge in [0.05, 0.1) is 5.92 Å². The third kappa shape index (κ3) is 4.99. The summed E-state index contributed by atoms with van der Waals surface area (Å²) < 4.78 is 39.9. The first-order valence-corrected chi connectivity index (χ1v) is 9.44. The summed E-state index contributed by atoms with van der Waals surface area (Å²) in [5.41, 5.74) is 0. The summed E-state index contributed by atoms with van der Waals surface area (Å²) in [5, 5.41) is 9.13. The minimum Gasteiger partial charge on any atom is -0.481 e. The summed E-state index contributed by atoms with van der Waals surface area (Å²) in [7, 11) is -4.04. The smallest absolute Gasteiger partial charge is 0.308 e. The van der Waals surface area contributed by atoms with E-state index >= 15 is 0 Å². The quantitative estimate of drug-likeness (QED) is 0.777. The number of nitrogens with one attached hydrogen (secondary N) is 1. The van der Waals surface area contributed by atoms with Gasteiger partial charge in [0, 0.05) is 26.1 Å². The molecule has 1 heterocycles. The van der Waals surface area contributed by atoms with Gasteiger partial charge in [-0.05, 0) is 24.5 Å². The second kappa shape index (κ2) is 7.92. The molecular weight excluding hydrogens is 351 g/mol. The van der Waals surface area contributed by atoms with Crippen molar-refractivity contribution in [3.63, 3.8) is 0 Å². The molecule has 0 saturated carbocycles. The van der Waals surface area contributed by atoms with Crippen LogP contribution in [-0.4, -0.2) is 49.9 Å². The van der Waals surface area contributed by atoms with E-state index in [9.17, 15) is 22.4 Å². The average molecular weight is 372 g/mol. The second-order valence-corrected chi connectivity index (χ2v) is 7.99. The highest BCUT2D eigenvalue weighted by Crippen LogP contribution is 2.22. The molecule has 138 valence electrons. The molecule has 0 radical (unpaired) electrons. The number of carboxylic acid groups (broad SMARTS) is 1. The van der Waals surface area contributed by atoms with Crippen LogP contribution in [0, 0.1) is 17.7 Å². The lowest BCUT2D eigenvalue weighted by Gasteiger charge is -2.34. The van der Waals surface area contributed by atoms with Crippen LogP contribution in [0.15, 0.2) is 29.2 Å². The number of halogens is 1. The lowest BCUT2D eigenvalue weighted by molar-refractivity contribution is -0.146. The molecule has 1 aliphatic heterocycles. The molecule has 2 atom stereocenters. The van der Waals surface area contributed by atoms with Gasteiger partial charge in [0.15, 0.2) is 0 Å². The van der Waals surface area contributed by atoms with Gasteiger partial charge in [-0.1, -0.05) is 19.1 Å². The highest BCUT2D eigenvalue weighted by molar-refractivity contribution is 7.89. The number of carbonyl (C=O) groups excluding carboxylic acids is 1. The molecule has 1 aromatic carbocycles. The molecule has 2 rings (SSSR count). The van der Waals surface area contributed by atoms with Crippen molar-refractivity contribution in [1.29, 1.82) is 0 Å². The maximum atomic E-state index is 13.6. The predicted octanol–water partition coefficient (Wildman–Crippen LogP) is 1.06. The van der Waals surface area contributed by atoms with Gasteiger partial charge >= 0.3 is 5.97 Å². The number of hydrogen-bond donors (Lipinski definition) is 2. The van der Waals surface area contributed by atoms with Crippen LogP contribution in [0.3, 0.4) is 0 Å². The van der Waals surface area contributed by atoms with Gasteiger partial charge < -0.3 is 10.0 Å². The van der Waals surface area contributed by atoms with E-state index in [0.29, 0.717) is 13.0 Å². The molecule has 0 spiro atoms. The third-order valence-corrected chi connectivity index (χ3v) is 5.61. The van der Waals surface area contributed by atoms with Crippen LogP contribution >= 0.6 is 0 Å². The number of carbonyl (C=O) groups is 2. The standard InChI is InChI=1S/C16H21FN2O5S/c1-11-8-12(16(21)22)10-19(9-11)15(20)6-7-18-25(23,24)14-5-3-2-4-13(14)17/h2-5,11-12,18H,6-10H2,1H3,(H,21,22). The van der Waals surface area contributed by atoms with Gasteiger partial charge in [-0.25, -0.2) is 17.5 Å². The van der Waals surface area contributed by atoms with Crippen molar-refractivity contribution in [2.24, 2.45) is 11.8 Å². The Hall–Kier alpha value is -2.00. The predicted molar refractivity (Wildman–Crippen MR) is 87.7 cm³/mol. The number of benzene rings is 1. The van der Waals surface area contributed by atoms with E-state index < -0.39 is 32.6 Å². The third-order valence-electron chi connectivity index (χ3n) is 4.12. The van der Waals surface area contributed by atoms with Crippen LogP contribution in [0.5, 0.6) is 0 Å². The second-order valence-electron chi connectivity index (χ2n) is 6.25. The van der Waals surface area contributed by atoms with E-state index in [1.165, 1.54) is 17.0 Å². The van der Waals surface area contributed by atoms with E-state index in [4.69, 9.17) is 5.11 Å². The molecule has 25 heavy (non-hydrogen) atoms. The Kier molecular flexibility index (Phi) is 6.12. The Morgan fingerprint density at radius 2 is 2.00 bits per heavy atom. The average Bonchev–Trinajstić information content (AvgIpc) is 2.54. The molecule has 2 unspecified atom stereocenters. The fourth-order valence-corrected chi connectivity index (χ4v) is 4.03. The van der Waals surface area contributed by atoms with Gasteiger partial charge in [-0.2, -0.15) is 0 Å². The number of carboxylic acids is 1. The minimum atomic E-state index is -4.04. The molecule has 0 aliphatic carbocycles. The summed E-state index contributed by atoms with van der Waals surface area (Å²) in [4.78, 5) is 24.3. The van der Waals surface area contributed by atoms with Crippen molar-refractivity contribution in [2.75, 3.05) is 19.6 Å². The van der Waals surface area contributed by atoms with Crippen LogP contribution in [0.1, 0.15) is 19.8 Å². The van der Waals surface area contributed by atoms with Crippen LogP contribution in [-0.2, 0) is 19.6 Å². The van der Waals surface area contributed by atoms with Crippen molar-refractivity contribution >= 4 is 21.9 Å². The molecule has 1 amide bonds. The normalized spacial score (nSPS) is 21.1. The van der Waals surface area contributed by atoms with Crippen LogP contribution in [0.25, 0.3) is 0 Å². The Balaban J connectivity index is 1.92. The number of rotatable bonds is 6. The lowest BCUT2D eigenvalue weighted by Crippen LogP contribution is -2.46. The molecule has 1 fully saturated rings. The molecule has 9 heteroatoms. The highest BCUT2D eigenvalue weighted by atomic mass is 32.2. The number of aliphatic carboxylic acids is 1. The number of amides is 1. The van der Waals surface area contributed by atoms with Crippen LogP contribution in [0.4, 0.5) is 4.39 Å². The zero-order valence-corrected chi connectivity index (χ0v) is 14.6. The Morgan fingerprint density at radius 3 is 2.64 bits per heavy atom. The summed E-state index contributed by atoms with van der Waals surface area (Å²) in [6.45, 7) is 2.26. The van der Waals surface area contributed by atoms with Gasteiger partial charge in [-0.15, -0.1) is 0 Å². The van der Waals surface area contributed by atoms with E-state index in [2.05, 4.69) is 4.72 Å². The van der Waals surface area contributed by atoms with Crippen molar-refractivity contribution < 1.29 is 27.5 Å². The molecule has 1 aliphatic rings. The molecular formula is C16H21FN2O5S. The van der Waals surface area contributed by atoms with E-state index in [1.807, 2.05) is 6.92 Å². The Labute approximate surface area is 145 Å². The first kappa shape index (κ1) is 19.3. The van der Waals surface area contributed by atoms with Crippen molar-refractivity contribution in [1.82, 2.24) is 9.62 Å². The van der Waals surface area contributed by atoms with E-state index in [1.54, 1.807) is 0 Å². The summed E-state index contributed by atoms with van der Waals surface area (Å²) in [6.07, 6.45) is 0.395. The van der Waals surface area contributed by atoms with E-state index in [-0.39, 0.29) is 31.3 Å². The largest absolute Gasteiger partial charge is 0.481 e. The summed E-state index contributed by atoms with van der Waals surface area (Å²) in [5.74, 6) is -2.68. The molecule has 2 N–H and O–H groups in total. The van der Waals surface area contributed by atoms with Crippen molar-refractivity contribution in [2.45, 2.75) is 24.7 Å². The first-order chi connectivity index (χ1) is 11.7. The van der Waals surface area contributed by atoms with Gasteiger partial charge in [0.2, 0.25) is 15.9 Å².